The Morgan fingerprint density at radius 1 is 1.24 bits per heavy atom. The first-order chi connectivity index (χ1) is 12.1. The van der Waals surface area contributed by atoms with E-state index in [-0.39, 0.29) is 10.6 Å². The number of rotatable bonds is 7. The number of benzene rings is 2. The molecule has 0 spiro atoms. The molecule has 1 aromatic heterocycles. The Bertz CT molecular complexity index is 889. The van der Waals surface area contributed by atoms with Gasteiger partial charge in [0.2, 0.25) is 0 Å². The maximum atomic E-state index is 11.6. The zero-order chi connectivity index (χ0) is 17.8. The summed E-state index contributed by atoms with van der Waals surface area (Å²) in [4.78, 5) is 16.3. The van der Waals surface area contributed by atoms with Gasteiger partial charge >= 0.3 is 4.87 Å². The molecule has 3 N–H and O–H groups in total. The lowest BCUT2D eigenvalue weighted by Crippen LogP contribution is -2.29. The topological polar surface area (TPSA) is 76.6 Å². The van der Waals surface area contributed by atoms with Gasteiger partial charge in [-0.3, -0.25) is 4.79 Å². The van der Waals surface area contributed by atoms with Crippen LogP contribution in [0.15, 0.2) is 47.3 Å². The third-order valence-electron chi connectivity index (χ3n) is 4.19. The average molecular weight is 358 g/mol. The van der Waals surface area contributed by atoms with Crippen molar-refractivity contribution in [3.63, 3.8) is 0 Å². The van der Waals surface area contributed by atoms with Crippen LogP contribution < -0.4 is 9.77 Å². The van der Waals surface area contributed by atoms with Crippen molar-refractivity contribution in [3.8, 4) is 5.75 Å². The van der Waals surface area contributed by atoms with Gasteiger partial charge in [-0.15, -0.1) is 0 Å². The molecule has 3 aromatic rings. The number of nitrogens with zero attached hydrogens (tertiary/aromatic N) is 1. The predicted molar refractivity (Wildman–Crippen MR) is 103 cm³/mol. The number of aromatic amines is 1. The second-order valence-electron chi connectivity index (χ2n) is 6.08. The van der Waals surface area contributed by atoms with E-state index < -0.39 is 6.10 Å². The Kier molecular flexibility index (Phi) is 5.40. The molecule has 2 aromatic carbocycles. The number of aliphatic hydroxyl groups excluding tert-OH is 1. The largest absolute Gasteiger partial charge is 0.508 e. The maximum absolute atomic E-state index is 11.6. The molecule has 132 valence electrons. The smallest absolute Gasteiger partial charge is 0.305 e. The van der Waals surface area contributed by atoms with Gasteiger partial charge in [0.15, 0.2) is 0 Å². The molecule has 0 fully saturated rings. The number of phenolic OH excluding ortho intramolecular Hbond substituents is 1. The summed E-state index contributed by atoms with van der Waals surface area (Å²) in [7, 11) is 0. The number of hydrogen-bond acceptors (Lipinski definition) is 5. The van der Waals surface area contributed by atoms with Gasteiger partial charge in [-0.2, -0.15) is 0 Å². The monoisotopic (exact) mass is 358 g/mol. The summed E-state index contributed by atoms with van der Waals surface area (Å²) in [5.74, 6) is 0.0374. The number of aliphatic hydroxyl groups is 1. The van der Waals surface area contributed by atoms with Crippen molar-refractivity contribution >= 4 is 27.2 Å². The zero-order valence-electron chi connectivity index (χ0n) is 14.1. The van der Waals surface area contributed by atoms with Crippen LogP contribution in [-0.4, -0.2) is 28.3 Å². The minimum Gasteiger partial charge on any atom is -0.508 e. The first-order valence-corrected chi connectivity index (χ1v) is 9.24. The standard InChI is InChI=1S/C19H22N2O3S/c1-2-3-9-21(13-7-5-4-6-8-13)12-17(23)15-10-14(22)11-16-18(15)25-19(24)20-16/h4-8,10-11,17,22-23H,2-3,9,12H2,1H3,(H,20,24). The molecule has 1 heterocycles. The van der Waals surface area contributed by atoms with Crippen molar-refractivity contribution in [2.24, 2.45) is 0 Å². The van der Waals surface area contributed by atoms with Gasteiger partial charge in [0.1, 0.15) is 5.75 Å². The van der Waals surface area contributed by atoms with Crippen LogP contribution in [0.25, 0.3) is 10.2 Å². The van der Waals surface area contributed by atoms with Crippen molar-refractivity contribution in [1.29, 1.82) is 0 Å². The Morgan fingerprint density at radius 2 is 2.00 bits per heavy atom. The summed E-state index contributed by atoms with van der Waals surface area (Å²) in [5.41, 5.74) is 2.19. The van der Waals surface area contributed by atoms with Gasteiger partial charge in [-0.25, -0.2) is 0 Å². The highest BCUT2D eigenvalue weighted by Gasteiger charge is 2.19. The van der Waals surface area contributed by atoms with Crippen LogP contribution in [0.4, 0.5) is 5.69 Å². The van der Waals surface area contributed by atoms with E-state index in [9.17, 15) is 15.0 Å². The molecule has 0 bridgehead atoms. The summed E-state index contributed by atoms with van der Waals surface area (Å²) in [6, 6.07) is 13.0. The molecular weight excluding hydrogens is 336 g/mol. The molecule has 0 radical (unpaired) electrons. The van der Waals surface area contributed by atoms with Crippen LogP contribution in [0.1, 0.15) is 31.4 Å². The summed E-state index contributed by atoms with van der Waals surface area (Å²) in [6.45, 7) is 3.37. The summed E-state index contributed by atoms with van der Waals surface area (Å²) in [6.07, 6.45) is 1.28. The predicted octanol–water partition coefficient (Wildman–Crippen LogP) is 3.64. The van der Waals surface area contributed by atoms with Crippen LogP contribution in [0.3, 0.4) is 0 Å². The van der Waals surface area contributed by atoms with E-state index in [1.54, 1.807) is 6.07 Å². The summed E-state index contributed by atoms with van der Waals surface area (Å²) in [5, 5.41) is 20.7. The molecule has 5 nitrogen and oxygen atoms in total. The fourth-order valence-corrected chi connectivity index (χ4v) is 3.82. The molecule has 25 heavy (non-hydrogen) atoms. The van der Waals surface area contributed by atoms with Crippen molar-refractivity contribution in [2.45, 2.75) is 25.9 Å². The average Bonchev–Trinajstić information content (AvgIpc) is 2.98. The minimum absolute atomic E-state index is 0.0374. The van der Waals surface area contributed by atoms with Crippen molar-refractivity contribution < 1.29 is 10.2 Å². The fraction of sp³-hybridized carbons (Fsp3) is 0.316. The number of unbranched alkanes of at least 4 members (excludes halogenated alkanes) is 1. The number of thiazole rings is 1. The molecule has 0 saturated heterocycles. The third kappa shape index (κ3) is 4.03. The van der Waals surface area contributed by atoms with E-state index in [1.165, 1.54) is 6.07 Å². The maximum Gasteiger partial charge on any atom is 0.305 e. The molecule has 3 rings (SSSR count). The van der Waals surface area contributed by atoms with E-state index in [1.807, 2.05) is 30.3 Å². The lowest BCUT2D eigenvalue weighted by Gasteiger charge is -2.27. The summed E-state index contributed by atoms with van der Waals surface area (Å²) < 4.78 is 0.693. The van der Waals surface area contributed by atoms with Crippen LogP contribution in [0.5, 0.6) is 5.75 Å². The zero-order valence-corrected chi connectivity index (χ0v) is 14.9. The lowest BCUT2D eigenvalue weighted by molar-refractivity contribution is 0.184. The Hall–Kier alpha value is -2.31. The SMILES string of the molecule is CCCCN(CC(O)c1cc(O)cc2[nH]c(=O)sc12)c1ccccc1. The third-order valence-corrected chi connectivity index (χ3v) is 5.14. The summed E-state index contributed by atoms with van der Waals surface area (Å²) >= 11 is 1.06. The minimum atomic E-state index is -0.807. The molecule has 0 aliphatic carbocycles. The van der Waals surface area contributed by atoms with E-state index >= 15 is 0 Å². The second-order valence-corrected chi connectivity index (χ2v) is 7.06. The Balaban J connectivity index is 1.91. The van der Waals surface area contributed by atoms with Gasteiger partial charge in [0.25, 0.3) is 0 Å². The number of aromatic hydroxyl groups is 1. The Morgan fingerprint density at radius 3 is 2.72 bits per heavy atom. The van der Waals surface area contributed by atoms with Gasteiger partial charge in [-0.05, 0) is 24.6 Å². The van der Waals surface area contributed by atoms with Gasteiger partial charge in [-0.1, -0.05) is 42.9 Å². The second kappa shape index (κ2) is 7.72. The molecule has 6 heteroatoms. The Labute approximate surface area is 150 Å². The van der Waals surface area contributed by atoms with Crippen molar-refractivity contribution in [2.75, 3.05) is 18.0 Å². The number of anilines is 1. The molecular formula is C19H22N2O3S. The molecule has 0 saturated carbocycles. The molecule has 0 aliphatic heterocycles. The lowest BCUT2D eigenvalue weighted by atomic mass is 10.1. The van der Waals surface area contributed by atoms with Gasteiger partial charge in [0, 0.05) is 30.4 Å². The van der Waals surface area contributed by atoms with Crippen LogP contribution in [0, 0.1) is 0 Å². The highest BCUT2D eigenvalue weighted by Crippen LogP contribution is 2.31. The first-order valence-electron chi connectivity index (χ1n) is 8.42. The molecule has 0 amide bonds. The van der Waals surface area contributed by atoms with E-state index in [0.29, 0.717) is 22.3 Å². The fourth-order valence-electron chi connectivity index (χ4n) is 2.94. The van der Waals surface area contributed by atoms with Gasteiger partial charge in [0.05, 0.1) is 16.3 Å². The van der Waals surface area contributed by atoms with E-state index in [4.69, 9.17) is 0 Å². The van der Waals surface area contributed by atoms with Crippen molar-refractivity contribution in [3.05, 3.63) is 57.7 Å². The van der Waals surface area contributed by atoms with Crippen LogP contribution in [-0.2, 0) is 0 Å². The number of H-pyrrole nitrogens is 1. The van der Waals surface area contributed by atoms with Gasteiger partial charge < -0.3 is 20.1 Å². The number of aromatic nitrogens is 1. The first kappa shape index (κ1) is 17.5. The quantitative estimate of drug-likeness (QED) is 0.603. The number of nitrogens with one attached hydrogen (secondary N) is 1. The van der Waals surface area contributed by atoms with Crippen molar-refractivity contribution in [1.82, 2.24) is 4.98 Å². The molecule has 0 aliphatic rings. The van der Waals surface area contributed by atoms with E-state index in [0.717, 1.165) is 36.4 Å². The van der Waals surface area contributed by atoms with Crippen LogP contribution in [0.2, 0.25) is 0 Å². The normalized spacial score (nSPS) is 12.4. The highest BCUT2D eigenvalue weighted by molar-refractivity contribution is 7.16. The number of para-hydroxylation sites is 1. The number of hydrogen-bond donors (Lipinski definition) is 3. The van der Waals surface area contributed by atoms with E-state index in [2.05, 4.69) is 16.8 Å². The number of phenols is 1. The van der Waals surface area contributed by atoms with Crippen LogP contribution >= 0.6 is 11.3 Å². The number of fused-ring (bicyclic) bond motifs is 1. The molecule has 1 atom stereocenters. The highest BCUT2D eigenvalue weighted by atomic mass is 32.1. The molecule has 1 unspecified atom stereocenters.